The molecule has 1 atom stereocenters. The van der Waals surface area contributed by atoms with E-state index in [1.165, 1.54) is 6.26 Å². The molecule has 2 amide bonds. The smallest absolute Gasteiger partial charge is 0.259 e. The molecule has 0 aliphatic carbocycles. The number of aryl methyl sites for hydroxylation is 1. The summed E-state index contributed by atoms with van der Waals surface area (Å²) < 4.78 is 5.16. The lowest BCUT2D eigenvalue weighted by molar-refractivity contribution is 0.0745. The summed E-state index contributed by atoms with van der Waals surface area (Å²) in [5.74, 6) is 0.0267. The Morgan fingerprint density at radius 3 is 2.69 bits per heavy atom. The summed E-state index contributed by atoms with van der Waals surface area (Å²) in [7, 11) is 1.78. The fraction of sp³-hybridized carbons (Fsp3) is 0.333. The fourth-order valence-corrected chi connectivity index (χ4v) is 3.11. The number of benzene rings is 1. The molecule has 140 valence electrons. The number of furan rings is 1. The van der Waals surface area contributed by atoms with Gasteiger partial charge in [0.05, 0.1) is 23.1 Å². The zero-order valence-corrected chi connectivity index (χ0v) is 16.1. The van der Waals surface area contributed by atoms with E-state index >= 15 is 0 Å². The first-order valence-electron chi connectivity index (χ1n) is 8.10. The van der Waals surface area contributed by atoms with Gasteiger partial charge in [-0.15, -0.1) is 12.4 Å². The average Bonchev–Trinajstić information content (AvgIpc) is 3.25. The molecule has 2 aromatic rings. The minimum Gasteiger partial charge on any atom is -0.469 e. The van der Waals surface area contributed by atoms with Gasteiger partial charge in [-0.2, -0.15) is 0 Å². The van der Waals surface area contributed by atoms with Crippen molar-refractivity contribution in [1.82, 2.24) is 10.2 Å². The topological polar surface area (TPSA) is 74.6 Å². The summed E-state index contributed by atoms with van der Waals surface area (Å²) in [6, 6.07) is 6.61. The van der Waals surface area contributed by atoms with E-state index in [0.717, 1.165) is 19.5 Å². The van der Waals surface area contributed by atoms with Crippen LogP contribution in [0, 0.1) is 6.92 Å². The molecule has 8 heteroatoms. The predicted octanol–water partition coefficient (Wildman–Crippen LogP) is 3.35. The molecule has 0 radical (unpaired) electrons. The van der Waals surface area contributed by atoms with E-state index in [-0.39, 0.29) is 30.3 Å². The van der Waals surface area contributed by atoms with Crippen LogP contribution >= 0.6 is 24.0 Å². The van der Waals surface area contributed by atoms with Gasteiger partial charge in [-0.25, -0.2) is 0 Å². The molecular formula is C18H21Cl2N3O3. The lowest BCUT2D eigenvalue weighted by Crippen LogP contribution is -2.38. The molecule has 1 aromatic carbocycles. The molecule has 1 aliphatic heterocycles. The second kappa shape index (κ2) is 8.58. The zero-order valence-electron chi connectivity index (χ0n) is 14.5. The maximum atomic E-state index is 12.9. The zero-order chi connectivity index (χ0) is 18.0. The van der Waals surface area contributed by atoms with Crippen LogP contribution in [0.25, 0.3) is 0 Å². The van der Waals surface area contributed by atoms with Gasteiger partial charge in [0.15, 0.2) is 0 Å². The molecule has 2 heterocycles. The Morgan fingerprint density at radius 1 is 1.31 bits per heavy atom. The molecular weight excluding hydrogens is 377 g/mol. The van der Waals surface area contributed by atoms with E-state index in [1.54, 1.807) is 43.1 Å². The number of hydrogen-bond acceptors (Lipinski definition) is 4. The largest absolute Gasteiger partial charge is 0.469 e. The molecule has 0 saturated carbocycles. The highest BCUT2D eigenvalue weighted by atomic mass is 35.5. The molecule has 1 saturated heterocycles. The number of hydrogen-bond donors (Lipinski definition) is 2. The number of nitrogens with one attached hydrogen (secondary N) is 2. The van der Waals surface area contributed by atoms with Gasteiger partial charge in [0, 0.05) is 24.7 Å². The van der Waals surface area contributed by atoms with Crippen LogP contribution in [0.2, 0.25) is 5.02 Å². The van der Waals surface area contributed by atoms with Gasteiger partial charge < -0.3 is 20.0 Å². The van der Waals surface area contributed by atoms with Crippen LogP contribution in [0.4, 0.5) is 5.69 Å². The average molecular weight is 398 g/mol. The molecule has 1 aliphatic rings. The van der Waals surface area contributed by atoms with Crippen LogP contribution in [0.5, 0.6) is 0 Å². The number of amides is 2. The summed E-state index contributed by atoms with van der Waals surface area (Å²) in [5, 5.41) is 6.46. The van der Waals surface area contributed by atoms with Crippen molar-refractivity contribution in [2.75, 3.05) is 25.5 Å². The van der Waals surface area contributed by atoms with Crippen molar-refractivity contribution in [1.29, 1.82) is 0 Å². The van der Waals surface area contributed by atoms with Gasteiger partial charge in [-0.3, -0.25) is 9.59 Å². The molecule has 3 rings (SSSR count). The highest BCUT2D eigenvalue weighted by Gasteiger charge is 2.26. The van der Waals surface area contributed by atoms with Gasteiger partial charge in [0.1, 0.15) is 5.76 Å². The van der Waals surface area contributed by atoms with Gasteiger partial charge in [0.2, 0.25) is 0 Å². The van der Waals surface area contributed by atoms with Crippen molar-refractivity contribution in [3.8, 4) is 0 Å². The first-order valence-corrected chi connectivity index (χ1v) is 8.48. The van der Waals surface area contributed by atoms with Crippen molar-refractivity contribution in [3.63, 3.8) is 0 Å². The van der Waals surface area contributed by atoms with Gasteiger partial charge in [-0.1, -0.05) is 11.6 Å². The maximum Gasteiger partial charge on any atom is 0.259 e. The third-order valence-corrected chi connectivity index (χ3v) is 4.70. The lowest BCUT2D eigenvalue weighted by atomic mass is 10.1. The van der Waals surface area contributed by atoms with Crippen LogP contribution in [0.15, 0.2) is 34.9 Å². The van der Waals surface area contributed by atoms with Crippen LogP contribution in [0.3, 0.4) is 0 Å². The fourth-order valence-electron chi connectivity index (χ4n) is 2.94. The highest BCUT2D eigenvalue weighted by molar-refractivity contribution is 6.31. The van der Waals surface area contributed by atoms with Crippen molar-refractivity contribution >= 4 is 41.5 Å². The summed E-state index contributed by atoms with van der Waals surface area (Å²) >= 11 is 6.06. The number of carbonyl (C=O) groups excluding carboxylic acids is 2. The number of likely N-dealkylation sites (N-methyl/N-ethyl adjacent to an activating group) is 1. The summed E-state index contributed by atoms with van der Waals surface area (Å²) in [6.45, 7) is 3.37. The molecule has 6 nitrogen and oxygen atoms in total. The molecule has 1 unspecified atom stereocenters. The van der Waals surface area contributed by atoms with E-state index in [2.05, 4.69) is 10.6 Å². The Morgan fingerprint density at radius 2 is 2.08 bits per heavy atom. The highest BCUT2D eigenvalue weighted by Crippen LogP contribution is 2.25. The predicted molar refractivity (Wildman–Crippen MR) is 103 cm³/mol. The lowest BCUT2D eigenvalue weighted by Gasteiger charge is -2.25. The van der Waals surface area contributed by atoms with Crippen molar-refractivity contribution in [3.05, 3.63) is 52.4 Å². The monoisotopic (exact) mass is 397 g/mol. The first kappa shape index (κ1) is 20.3. The number of carbonyl (C=O) groups is 2. The van der Waals surface area contributed by atoms with Crippen LogP contribution < -0.4 is 10.6 Å². The van der Waals surface area contributed by atoms with Gasteiger partial charge in [0.25, 0.3) is 11.8 Å². The van der Waals surface area contributed by atoms with Crippen molar-refractivity contribution < 1.29 is 14.0 Å². The molecule has 1 aromatic heterocycles. The standard InChI is InChI=1S/C18H20ClN3O3.ClH/c1-11-14(6-8-25-11)17(23)21-16-9-12(19)3-4-15(16)18(24)22(2)13-5-7-20-10-13;/h3-4,6,8-9,13,20H,5,7,10H2,1-2H3,(H,21,23);1H. The minimum atomic E-state index is -0.340. The summed E-state index contributed by atoms with van der Waals surface area (Å²) in [6.07, 6.45) is 2.36. The summed E-state index contributed by atoms with van der Waals surface area (Å²) in [5.41, 5.74) is 1.22. The van der Waals surface area contributed by atoms with E-state index in [0.29, 0.717) is 27.6 Å². The molecule has 26 heavy (non-hydrogen) atoms. The molecule has 0 spiro atoms. The Kier molecular flexibility index (Phi) is 6.69. The quantitative estimate of drug-likeness (QED) is 0.829. The van der Waals surface area contributed by atoms with E-state index in [9.17, 15) is 9.59 Å². The van der Waals surface area contributed by atoms with Crippen molar-refractivity contribution in [2.45, 2.75) is 19.4 Å². The Balaban J connectivity index is 0.00000243. The minimum absolute atomic E-state index is 0. The normalized spacial score (nSPS) is 16.0. The molecule has 0 bridgehead atoms. The second-order valence-corrected chi connectivity index (χ2v) is 6.53. The van der Waals surface area contributed by atoms with Crippen LogP contribution in [-0.2, 0) is 0 Å². The number of anilines is 1. The Labute approximate surface area is 163 Å². The second-order valence-electron chi connectivity index (χ2n) is 6.10. The number of halogens is 2. The summed E-state index contributed by atoms with van der Waals surface area (Å²) in [4.78, 5) is 27.1. The number of rotatable bonds is 4. The SMILES string of the molecule is Cc1occc1C(=O)Nc1cc(Cl)ccc1C(=O)N(C)C1CCNC1.Cl. The third kappa shape index (κ3) is 4.20. The Hall–Kier alpha value is -2.02. The van der Waals surface area contributed by atoms with Crippen LogP contribution in [0.1, 0.15) is 32.9 Å². The molecule has 2 N–H and O–H groups in total. The third-order valence-electron chi connectivity index (χ3n) is 4.47. The number of nitrogens with zero attached hydrogens (tertiary/aromatic N) is 1. The molecule has 1 fully saturated rings. The van der Waals surface area contributed by atoms with Crippen LogP contribution in [-0.4, -0.2) is 42.9 Å². The van der Waals surface area contributed by atoms with E-state index in [4.69, 9.17) is 16.0 Å². The van der Waals surface area contributed by atoms with Gasteiger partial charge in [-0.05, 0) is 44.2 Å². The first-order chi connectivity index (χ1) is 12.0. The van der Waals surface area contributed by atoms with Gasteiger partial charge >= 0.3 is 0 Å². The Bertz CT molecular complexity index is 801. The van der Waals surface area contributed by atoms with E-state index < -0.39 is 0 Å². The van der Waals surface area contributed by atoms with E-state index in [1.807, 2.05) is 0 Å². The van der Waals surface area contributed by atoms with Crippen molar-refractivity contribution in [2.24, 2.45) is 0 Å². The maximum absolute atomic E-state index is 12.9.